The molecule has 2 heterocycles. The van der Waals surface area contributed by atoms with Gasteiger partial charge in [-0.05, 0) is 41.8 Å². The Morgan fingerprint density at radius 3 is 1.22 bits per heavy atom. The molecule has 0 radical (unpaired) electrons. The van der Waals surface area contributed by atoms with Crippen LogP contribution in [0.5, 0.6) is 0 Å². The molecule has 0 N–H and O–H groups in total. The number of benzene rings is 6. The minimum absolute atomic E-state index is 1.18. The quantitative estimate of drug-likeness (QED) is 0.244. The largest absolute Gasteiger partial charge is 0.309 e. The third kappa shape index (κ3) is 2.56. The summed E-state index contributed by atoms with van der Waals surface area (Å²) in [7, 11) is 0. The monoisotopic (exact) mass is 458 g/mol. The van der Waals surface area contributed by atoms with Crippen LogP contribution in [-0.2, 0) is 0 Å². The summed E-state index contributed by atoms with van der Waals surface area (Å²) in [5.41, 5.74) is 7.32. The SMILES string of the molecule is c1ccc(-n2c3ccccc3c3ccc4ccc5c6ccccc6n(-c6ccccc6)c5c4c32)cc1. The zero-order valence-corrected chi connectivity index (χ0v) is 19.6. The van der Waals surface area contributed by atoms with Crippen molar-refractivity contribution in [2.45, 2.75) is 0 Å². The molecule has 0 aliphatic carbocycles. The molecule has 2 heteroatoms. The molecule has 168 valence electrons. The Kier molecular flexibility index (Phi) is 3.97. The lowest BCUT2D eigenvalue weighted by Crippen LogP contribution is -1.97. The molecule has 36 heavy (non-hydrogen) atoms. The molecule has 0 unspecified atom stereocenters. The van der Waals surface area contributed by atoms with Gasteiger partial charge in [0.1, 0.15) is 0 Å². The van der Waals surface area contributed by atoms with Gasteiger partial charge in [0.2, 0.25) is 0 Å². The van der Waals surface area contributed by atoms with E-state index in [2.05, 4.69) is 143 Å². The summed E-state index contributed by atoms with van der Waals surface area (Å²) in [4.78, 5) is 0. The summed E-state index contributed by atoms with van der Waals surface area (Å²) in [6.45, 7) is 0. The van der Waals surface area contributed by atoms with E-state index in [1.807, 2.05) is 0 Å². The van der Waals surface area contributed by atoms with E-state index in [-0.39, 0.29) is 0 Å². The van der Waals surface area contributed by atoms with Crippen LogP contribution in [0.15, 0.2) is 133 Å². The van der Waals surface area contributed by atoms with Crippen LogP contribution in [0.1, 0.15) is 0 Å². The highest BCUT2D eigenvalue weighted by Gasteiger charge is 2.20. The molecule has 0 amide bonds. The first-order valence-corrected chi connectivity index (χ1v) is 12.4. The van der Waals surface area contributed by atoms with Crippen LogP contribution in [0.4, 0.5) is 0 Å². The van der Waals surface area contributed by atoms with Crippen LogP contribution >= 0.6 is 0 Å². The molecule has 8 aromatic rings. The highest BCUT2D eigenvalue weighted by atomic mass is 15.0. The fraction of sp³-hybridized carbons (Fsp3) is 0. The number of rotatable bonds is 2. The van der Waals surface area contributed by atoms with E-state index in [1.54, 1.807) is 0 Å². The van der Waals surface area contributed by atoms with Gasteiger partial charge in [0, 0.05) is 38.3 Å². The van der Waals surface area contributed by atoms with Crippen molar-refractivity contribution >= 4 is 54.4 Å². The Hall–Kier alpha value is -4.82. The number of nitrogens with zero attached hydrogens (tertiary/aromatic N) is 2. The van der Waals surface area contributed by atoms with Crippen molar-refractivity contribution in [3.05, 3.63) is 133 Å². The zero-order chi connectivity index (χ0) is 23.6. The molecule has 0 fully saturated rings. The van der Waals surface area contributed by atoms with Crippen molar-refractivity contribution < 1.29 is 0 Å². The number of hydrogen-bond donors (Lipinski definition) is 0. The van der Waals surface area contributed by atoms with Gasteiger partial charge >= 0.3 is 0 Å². The topological polar surface area (TPSA) is 9.86 Å². The molecule has 0 bridgehead atoms. The maximum atomic E-state index is 2.44. The first-order chi connectivity index (χ1) is 17.9. The summed E-state index contributed by atoms with van der Waals surface area (Å²) in [5.74, 6) is 0. The highest BCUT2D eigenvalue weighted by Crippen LogP contribution is 2.42. The smallest absolute Gasteiger partial charge is 0.0640 e. The van der Waals surface area contributed by atoms with Gasteiger partial charge in [0.25, 0.3) is 0 Å². The van der Waals surface area contributed by atoms with E-state index in [4.69, 9.17) is 0 Å². The van der Waals surface area contributed by atoms with E-state index >= 15 is 0 Å². The molecule has 0 aliphatic heterocycles. The molecule has 0 saturated carbocycles. The number of fused-ring (bicyclic) bond motifs is 9. The van der Waals surface area contributed by atoms with Crippen molar-refractivity contribution in [2.75, 3.05) is 0 Å². The molecule has 8 rings (SSSR count). The predicted octanol–water partition coefficient (Wildman–Crippen LogP) is 9.03. The number of para-hydroxylation sites is 4. The van der Waals surface area contributed by atoms with Gasteiger partial charge in [-0.15, -0.1) is 0 Å². The van der Waals surface area contributed by atoms with Crippen molar-refractivity contribution in [3.8, 4) is 11.4 Å². The first-order valence-electron chi connectivity index (χ1n) is 12.4. The Balaban J connectivity index is 1.71. The maximum absolute atomic E-state index is 2.44. The predicted molar refractivity (Wildman–Crippen MR) is 153 cm³/mol. The molecule has 2 aromatic heterocycles. The zero-order valence-electron chi connectivity index (χ0n) is 19.6. The van der Waals surface area contributed by atoms with Crippen LogP contribution in [0, 0.1) is 0 Å². The van der Waals surface area contributed by atoms with Crippen LogP contribution in [0.3, 0.4) is 0 Å². The fourth-order valence-electron chi connectivity index (χ4n) is 6.00. The molecular weight excluding hydrogens is 436 g/mol. The molecule has 0 atom stereocenters. The first kappa shape index (κ1) is 19.5. The van der Waals surface area contributed by atoms with Gasteiger partial charge in [-0.25, -0.2) is 0 Å². The molecule has 0 spiro atoms. The summed E-state index contributed by atoms with van der Waals surface area (Å²) >= 11 is 0. The third-order valence-corrected chi connectivity index (χ3v) is 7.48. The van der Waals surface area contributed by atoms with Gasteiger partial charge in [0.05, 0.1) is 22.1 Å². The van der Waals surface area contributed by atoms with E-state index in [0.29, 0.717) is 0 Å². The molecule has 2 nitrogen and oxygen atoms in total. The Morgan fingerprint density at radius 2 is 0.750 bits per heavy atom. The number of aromatic nitrogens is 2. The fourth-order valence-corrected chi connectivity index (χ4v) is 6.00. The summed E-state index contributed by atoms with van der Waals surface area (Å²) in [6, 6.07) is 48.2. The Labute approximate surface area is 208 Å². The summed E-state index contributed by atoms with van der Waals surface area (Å²) in [6.07, 6.45) is 0. The standard InChI is InChI=1S/C34H22N2/c1-3-11-24(12-4-1)35-30-17-9-7-15-26(30)28-21-19-23-20-22-29-27-16-8-10-18-31(27)36(25-13-5-2-6-14-25)34(29)32(23)33(28)35/h1-22H. The van der Waals surface area contributed by atoms with Gasteiger partial charge in [-0.1, -0.05) is 97.1 Å². The van der Waals surface area contributed by atoms with Crippen molar-refractivity contribution in [3.63, 3.8) is 0 Å². The second kappa shape index (κ2) is 7.34. The van der Waals surface area contributed by atoms with Crippen molar-refractivity contribution in [1.29, 1.82) is 0 Å². The van der Waals surface area contributed by atoms with Crippen LogP contribution < -0.4 is 0 Å². The van der Waals surface area contributed by atoms with Crippen molar-refractivity contribution in [2.24, 2.45) is 0 Å². The molecule has 0 aliphatic rings. The lowest BCUT2D eigenvalue weighted by Gasteiger charge is -2.13. The highest BCUT2D eigenvalue weighted by molar-refractivity contribution is 6.28. The maximum Gasteiger partial charge on any atom is 0.0640 e. The Morgan fingerprint density at radius 1 is 0.333 bits per heavy atom. The number of hydrogen-bond acceptors (Lipinski definition) is 0. The minimum Gasteiger partial charge on any atom is -0.309 e. The van der Waals surface area contributed by atoms with E-state index < -0.39 is 0 Å². The van der Waals surface area contributed by atoms with E-state index in [9.17, 15) is 0 Å². The van der Waals surface area contributed by atoms with Crippen molar-refractivity contribution in [1.82, 2.24) is 9.13 Å². The summed E-state index contributed by atoms with van der Waals surface area (Å²) in [5, 5.41) is 7.63. The van der Waals surface area contributed by atoms with Crippen LogP contribution in [-0.4, -0.2) is 9.13 Å². The van der Waals surface area contributed by atoms with Crippen LogP contribution in [0.2, 0.25) is 0 Å². The lowest BCUT2D eigenvalue weighted by atomic mass is 10.0. The average molecular weight is 459 g/mol. The van der Waals surface area contributed by atoms with E-state index in [1.165, 1.54) is 65.8 Å². The van der Waals surface area contributed by atoms with Gasteiger partial charge < -0.3 is 9.13 Å². The second-order valence-corrected chi connectivity index (χ2v) is 9.40. The average Bonchev–Trinajstić information content (AvgIpc) is 3.47. The van der Waals surface area contributed by atoms with Crippen LogP contribution in [0.25, 0.3) is 65.8 Å². The lowest BCUT2D eigenvalue weighted by molar-refractivity contribution is 1.17. The summed E-state index contributed by atoms with van der Waals surface area (Å²) < 4.78 is 4.89. The molecule has 6 aromatic carbocycles. The minimum atomic E-state index is 1.18. The van der Waals surface area contributed by atoms with Gasteiger partial charge in [-0.2, -0.15) is 0 Å². The normalized spacial score (nSPS) is 11.9. The van der Waals surface area contributed by atoms with Gasteiger partial charge in [0.15, 0.2) is 0 Å². The van der Waals surface area contributed by atoms with Gasteiger partial charge in [-0.3, -0.25) is 0 Å². The second-order valence-electron chi connectivity index (χ2n) is 9.40. The molecular formula is C34H22N2. The third-order valence-electron chi connectivity index (χ3n) is 7.48. The molecule has 0 saturated heterocycles. The van der Waals surface area contributed by atoms with E-state index in [0.717, 1.165) is 0 Å². The Bertz CT molecular complexity index is 1930.